The number of hydrogen-bond donors (Lipinski definition) is 3. The Morgan fingerprint density at radius 3 is 2.90 bits per heavy atom. The van der Waals surface area contributed by atoms with Crippen molar-refractivity contribution in [1.29, 1.82) is 0 Å². The fraction of sp³-hybridized carbons (Fsp3) is 0.250. The molecule has 2 amide bonds. The number of carboxylic acid groups (broad SMARTS) is 1. The molecule has 20 heavy (non-hydrogen) atoms. The Morgan fingerprint density at radius 1 is 1.40 bits per heavy atom. The fourth-order valence-corrected chi connectivity index (χ4v) is 2.17. The lowest BCUT2D eigenvalue weighted by Crippen LogP contribution is -2.36. The second kappa shape index (κ2) is 6.71. The first-order chi connectivity index (χ1) is 9.65. The quantitative estimate of drug-likeness (QED) is 0.748. The number of furan rings is 1. The van der Waals surface area contributed by atoms with E-state index in [-0.39, 0.29) is 18.3 Å². The summed E-state index contributed by atoms with van der Waals surface area (Å²) in [5, 5.41) is 16.0. The van der Waals surface area contributed by atoms with E-state index in [0.717, 1.165) is 5.76 Å². The number of carboxylic acids is 1. The first kappa shape index (κ1) is 14.1. The molecule has 0 fully saturated rings. The Labute approximate surface area is 118 Å². The highest BCUT2D eigenvalue weighted by atomic mass is 32.1. The number of nitrogens with one attached hydrogen (secondary N) is 2. The van der Waals surface area contributed by atoms with E-state index in [4.69, 9.17) is 9.52 Å². The minimum atomic E-state index is -1.07. The van der Waals surface area contributed by atoms with Gasteiger partial charge in [0, 0.05) is 18.3 Å². The summed E-state index contributed by atoms with van der Waals surface area (Å²) in [5.74, 6) is -0.272. The molecule has 0 atom stereocenters. The molecular formula is C12H13N3O4S. The Balaban J connectivity index is 1.67. The van der Waals surface area contributed by atoms with Crippen LogP contribution in [-0.2, 0) is 13.0 Å². The molecule has 0 aliphatic rings. The summed E-state index contributed by atoms with van der Waals surface area (Å²) >= 11 is 1.19. The summed E-state index contributed by atoms with van der Waals surface area (Å²) in [6, 6.07) is 3.30. The van der Waals surface area contributed by atoms with E-state index in [2.05, 4.69) is 15.6 Å². The van der Waals surface area contributed by atoms with Crippen molar-refractivity contribution >= 4 is 23.3 Å². The smallest absolute Gasteiger partial charge is 0.355 e. The van der Waals surface area contributed by atoms with Gasteiger partial charge in [0.25, 0.3) is 0 Å². The second-order valence-corrected chi connectivity index (χ2v) is 4.81. The number of nitrogens with zero attached hydrogens (tertiary/aromatic N) is 1. The van der Waals surface area contributed by atoms with Gasteiger partial charge in [-0.15, -0.1) is 11.3 Å². The summed E-state index contributed by atoms with van der Waals surface area (Å²) in [4.78, 5) is 26.0. The van der Waals surface area contributed by atoms with E-state index >= 15 is 0 Å². The summed E-state index contributed by atoms with van der Waals surface area (Å²) in [6.45, 7) is 0.655. The molecule has 2 rings (SSSR count). The molecule has 0 saturated heterocycles. The Hall–Kier alpha value is -2.35. The molecular weight excluding hydrogens is 282 g/mol. The third-order valence-corrected chi connectivity index (χ3v) is 3.26. The zero-order valence-electron chi connectivity index (χ0n) is 10.5. The zero-order valence-corrected chi connectivity index (χ0v) is 11.3. The third kappa shape index (κ3) is 4.09. The molecule has 2 heterocycles. The van der Waals surface area contributed by atoms with Crippen LogP contribution in [0, 0.1) is 0 Å². The normalized spacial score (nSPS) is 10.2. The average Bonchev–Trinajstić information content (AvgIpc) is 3.07. The van der Waals surface area contributed by atoms with Crippen LogP contribution >= 0.6 is 11.3 Å². The van der Waals surface area contributed by atoms with Crippen molar-refractivity contribution < 1.29 is 19.1 Å². The SMILES string of the molecule is O=C(NCCc1ccco1)NCc1nc(C(=O)O)cs1. The molecule has 2 aromatic rings. The highest BCUT2D eigenvalue weighted by molar-refractivity contribution is 7.09. The Bertz CT molecular complexity index is 579. The minimum Gasteiger partial charge on any atom is -0.476 e. The van der Waals surface area contributed by atoms with Crippen molar-refractivity contribution in [1.82, 2.24) is 15.6 Å². The lowest BCUT2D eigenvalue weighted by molar-refractivity contribution is 0.0691. The van der Waals surface area contributed by atoms with Gasteiger partial charge in [0.1, 0.15) is 10.8 Å². The molecule has 106 valence electrons. The predicted molar refractivity (Wildman–Crippen MR) is 71.7 cm³/mol. The molecule has 2 aromatic heterocycles. The van der Waals surface area contributed by atoms with Gasteiger partial charge < -0.3 is 20.2 Å². The number of urea groups is 1. The van der Waals surface area contributed by atoms with Crippen LogP contribution in [0.2, 0.25) is 0 Å². The standard InChI is InChI=1S/C12H13N3O4S/c16-11(17)9-7-20-10(15-9)6-14-12(18)13-4-3-8-2-1-5-19-8/h1-2,5,7H,3-4,6H2,(H,16,17)(H2,13,14,18). The van der Waals surface area contributed by atoms with Gasteiger partial charge in [-0.1, -0.05) is 0 Å². The predicted octanol–water partition coefficient (Wildman–Crippen LogP) is 1.48. The number of aromatic carboxylic acids is 1. The van der Waals surface area contributed by atoms with E-state index in [9.17, 15) is 9.59 Å². The maximum absolute atomic E-state index is 11.5. The molecule has 8 heteroatoms. The van der Waals surface area contributed by atoms with Gasteiger partial charge in [0.2, 0.25) is 0 Å². The number of rotatable bonds is 6. The first-order valence-corrected chi connectivity index (χ1v) is 6.75. The second-order valence-electron chi connectivity index (χ2n) is 3.87. The van der Waals surface area contributed by atoms with Crippen molar-refractivity contribution in [2.24, 2.45) is 0 Å². The zero-order chi connectivity index (χ0) is 14.4. The fourth-order valence-electron chi connectivity index (χ4n) is 1.46. The van der Waals surface area contributed by atoms with Crippen LogP contribution < -0.4 is 10.6 Å². The van der Waals surface area contributed by atoms with E-state index in [0.29, 0.717) is 18.0 Å². The molecule has 0 bridgehead atoms. The molecule has 0 radical (unpaired) electrons. The van der Waals surface area contributed by atoms with Crippen molar-refractivity contribution in [2.45, 2.75) is 13.0 Å². The minimum absolute atomic E-state index is 0.00923. The van der Waals surface area contributed by atoms with Crippen LogP contribution in [0.4, 0.5) is 4.79 Å². The number of carbonyl (C=O) groups is 2. The van der Waals surface area contributed by atoms with Crippen molar-refractivity contribution in [3.63, 3.8) is 0 Å². The molecule has 7 nitrogen and oxygen atoms in total. The number of carbonyl (C=O) groups excluding carboxylic acids is 1. The van der Waals surface area contributed by atoms with Gasteiger partial charge in [-0.05, 0) is 12.1 Å². The number of aromatic nitrogens is 1. The summed E-state index contributed by atoms with van der Waals surface area (Å²) < 4.78 is 5.13. The molecule has 0 spiro atoms. The van der Waals surface area contributed by atoms with Crippen molar-refractivity contribution in [2.75, 3.05) is 6.54 Å². The van der Waals surface area contributed by atoms with Crippen LogP contribution in [0.15, 0.2) is 28.2 Å². The van der Waals surface area contributed by atoms with E-state index < -0.39 is 5.97 Å². The van der Waals surface area contributed by atoms with Gasteiger partial charge in [-0.3, -0.25) is 0 Å². The van der Waals surface area contributed by atoms with Gasteiger partial charge in [-0.2, -0.15) is 0 Å². The molecule has 0 unspecified atom stereocenters. The monoisotopic (exact) mass is 295 g/mol. The van der Waals surface area contributed by atoms with Crippen LogP contribution in [-0.4, -0.2) is 28.6 Å². The highest BCUT2D eigenvalue weighted by Gasteiger charge is 2.09. The first-order valence-electron chi connectivity index (χ1n) is 5.87. The highest BCUT2D eigenvalue weighted by Crippen LogP contribution is 2.09. The number of hydrogen-bond acceptors (Lipinski definition) is 5. The van der Waals surface area contributed by atoms with E-state index in [1.165, 1.54) is 16.7 Å². The summed E-state index contributed by atoms with van der Waals surface area (Å²) in [7, 11) is 0. The summed E-state index contributed by atoms with van der Waals surface area (Å²) in [5.41, 5.74) is -0.00923. The largest absolute Gasteiger partial charge is 0.476 e. The molecule has 0 aliphatic heterocycles. The van der Waals surface area contributed by atoms with E-state index in [1.807, 2.05) is 6.07 Å². The average molecular weight is 295 g/mol. The van der Waals surface area contributed by atoms with Crippen molar-refractivity contribution in [3.05, 3.63) is 40.2 Å². The third-order valence-electron chi connectivity index (χ3n) is 2.41. The summed E-state index contributed by atoms with van der Waals surface area (Å²) in [6.07, 6.45) is 2.19. The molecule has 0 aromatic carbocycles. The number of thiazole rings is 1. The van der Waals surface area contributed by atoms with Gasteiger partial charge in [-0.25, -0.2) is 14.6 Å². The maximum atomic E-state index is 11.5. The Morgan fingerprint density at radius 2 is 2.25 bits per heavy atom. The van der Waals surface area contributed by atoms with E-state index in [1.54, 1.807) is 12.3 Å². The van der Waals surface area contributed by atoms with Gasteiger partial charge in [0.05, 0.1) is 12.8 Å². The van der Waals surface area contributed by atoms with Gasteiger partial charge >= 0.3 is 12.0 Å². The lowest BCUT2D eigenvalue weighted by atomic mass is 10.3. The molecule has 3 N–H and O–H groups in total. The number of amides is 2. The van der Waals surface area contributed by atoms with Crippen molar-refractivity contribution in [3.8, 4) is 0 Å². The van der Waals surface area contributed by atoms with Crippen LogP contribution in [0.3, 0.4) is 0 Å². The lowest BCUT2D eigenvalue weighted by Gasteiger charge is -2.05. The van der Waals surface area contributed by atoms with Gasteiger partial charge in [0.15, 0.2) is 5.69 Å². The molecule has 0 saturated carbocycles. The van der Waals surface area contributed by atoms with Crippen LogP contribution in [0.5, 0.6) is 0 Å². The van der Waals surface area contributed by atoms with Crippen LogP contribution in [0.1, 0.15) is 21.3 Å². The Kier molecular flexibility index (Phi) is 4.72. The molecule has 0 aliphatic carbocycles. The van der Waals surface area contributed by atoms with Crippen LogP contribution in [0.25, 0.3) is 0 Å². The topological polar surface area (TPSA) is 104 Å². The maximum Gasteiger partial charge on any atom is 0.355 e.